The Kier molecular flexibility index (Phi) is 3.64. The minimum atomic E-state index is 0.187. The van der Waals surface area contributed by atoms with Crippen molar-refractivity contribution in [3.05, 3.63) is 17.8 Å². The van der Waals surface area contributed by atoms with E-state index < -0.39 is 0 Å². The zero-order chi connectivity index (χ0) is 9.68. The predicted molar refractivity (Wildman–Crippen MR) is 51.5 cm³/mol. The third-order valence-electron chi connectivity index (χ3n) is 1.73. The fourth-order valence-corrected chi connectivity index (χ4v) is 0.894. The lowest BCUT2D eigenvalue weighted by Crippen LogP contribution is -2.15. The summed E-state index contributed by atoms with van der Waals surface area (Å²) >= 11 is 0. The minimum Gasteiger partial charge on any atom is -0.396 e. The van der Waals surface area contributed by atoms with Gasteiger partial charge in [-0.2, -0.15) is 5.10 Å². The summed E-state index contributed by atoms with van der Waals surface area (Å²) in [5.41, 5.74) is 1.08. The van der Waals surface area contributed by atoms with Crippen molar-refractivity contribution in [3.63, 3.8) is 0 Å². The third kappa shape index (κ3) is 3.38. The molecule has 0 aliphatic rings. The highest BCUT2D eigenvalue weighted by Gasteiger charge is 2.00. The van der Waals surface area contributed by atoms with Crippen LogP contribution in [0.4, 0.5) is 5.82 Å². The van der Waals surface area contributed by atoms with E-state index in [-0.39, 0.29) is 12.5 Å². The lowest BCUT2D eigenvalue weighted by atomic mass is 10.2. The maximum Gasteiger partial charge on any atom is 0.148 e. The number of aromatic nitrogens is 2. The van der Waals surface area contributed by atoms with Crippen molar-refractivity contribution < 1.29 is 5.11 Å². The monoisotopic (exact) mass is 181 g/mol. The topological polar surface area (TPSA) is 58.0 Å². The molecule has 0 aromatic carbocycles. The van der Waals surface area contributed by atoms with Gasteiger partial charge in [-0.05, 0) is 24.5 Å². The first-order valence-corrected chi connectivity index (χ1v) is 4.36. The van der Waals surface area contributed by atoms with Gasteiger partial charge in [0, 0.05) is 13.2 Å². The molecule has 0 saturated heterocycles. The van der Waals surface area contributed by atoms with Gasteiger partial charge in [-0.1, -0.05) is 6.92 Å². The van der Waals surface area contributed by atoms with Crippen molar-refractivity contribution in [1.29, 1.82) is 0 Å². The Hall–Kier alpha value is -1.16. The smallest absolute Gasteiger partial charge is 0.148 e. The van der Waals surface area contributed by atoms with Gasteiger partial charge in [-0.15, -0.1) is 5.10 Å². The number of aryl methyl sites for hydroxylation is 1. The summed E-state index contributed by atoms with van der Waals surface area (Å²) in [5.74, 6) is 1.00. The number of aliphatic hydroxyl groups excluding tert-OH is 1. The van der Waals surface area contributed by atoms with E-state index in [0.29, 0.717) is 6.54 Å². The summed E-state index contributed by atoms with van der Waals surface area (Å²) in [6.45, 7) is 4.84. The van der Waals surface area contributed by atoms with Crippen LogP contribution >= 0.6 is 0 Å². The van der Waals surface area contributed by atoms with E-state index in [2.05, 4.69) is 15.5 Å². The Morgan fingerprint density at radius 3 is 3.00 bits per heavy atom. The van der Waals surface area contributed by atoms with Gasteiger partial charge in [0.2, 0.25) is 0 Å². The molecule has 1 aromatic rings. The predicted octanol–water partition coefficient (Wildman–Crippen LogP) is 0.825. The largest absolute Gasteiger partial charge is 0.396 e. The van der Waals surface area contributed by atoms with E-state index in [1.807, 2.05) is 19.9 Å². The standard InChI is InChI=1S/C9H15N3O/c1-7-3-9(12-11-5-7)10-4-8(2)6-13/h3,5,8,13H,4,6H2,1-2H3,(H,10,12). The highest BCUT2D eigenvalue weighted by atomic mass is 16.3. The number of nitrogens with one attached hydrogen (secondary N) is 1. The molecule has 72 valence electrons. The summed E-state index contributed by atoms with van der Waals surface area (Å²) in [6.07, 6.45) is 1.71. The van der Waals surface area contributed by atoms with E-state index in [4.69, 9.17) is 5.11 Å². The van der Waals surface area contributed by atoms with Gasteiger partial charge in [-0.3, -0.25) is 0 Å². The molecule has 2 N–H and O–H groups in total. The summed E-state index contributed by atoms with van der Waals surface area (Å²) in [6, 6.07) is 1.93. The molecular formula is C9H15N3O. The number of aliphatic hydroxyl groups is 1. The molecule has 1 atom stereocenters. The molecule has 0 spiro atoms. The van der Waals surface area contributed by atoms with Gasteiger partial charge < -0.3 is 10.4 Å². The van der Waals surface area contributed by atoms with Crippen molar-refractivity contribution in [1.82, 2.24) is 10.2 Å². The highest BCUT2D eigenvalue weighted by molar-refractivity contribution is 5.34. The Balaban J connectivity index is 2.45. The molecule has 1 aromatic heterocycles. The third-order valence-corrected chi connectivity index (χ3v) is 1.73. The van der Waals surface area contributed by atoms with Gasteiger partial charge in [0.25, 0.3) is 0 Å². The average molecular weight is 181 g/mol. The van der Waals surface area contributed by atoms with E-state index >= 15 is 0 Å². The molecule has 0 aliphatic carbocycles. The molecule has 13 heavy (non-hydrogen) atoms. The molecule has 1 unspecified atom stereocenters. The number of nitrogens with zero attached hydrogens (tertiary/aromatic N) is 2. The molecular weight excluding hydrogens is 166 g/mol. The van der Waals surface area contributed by atoms with Gasteiger partial charge >= 0.3 is 0 Å². The first kappa shape index (κ1) is 9.92. The lowest BCUT2D eigenvalue weighted by Gasteiger charge is -2.09. The molecule has 0 fully saturated rings. The van der Waals surface area contributed by atoms with Gasteiger partial charge in [0.15, 0.2) is 0 Å². The van der Waals surface area contributed by atoms with Crippen LogP contribution in [0.3, 0.4) is 0 Å². The van der Waals surface area contributed by atoms with Crippen LogP contribution in [0.2, 0.25) is 0 Å². The summed E-state index contributed by atoms with van der Waals surface area (Å²) in [7, 11) is 0. The van der Waals surface area contributed by atoms with Crippen molar-refractivity contribution in [2.45, 2.75) is 13.8 Å². The number of anilines is 1. The van der Waals surface area contributed by atoms with Crippen LogP contribution in [0.5, 0.6) is 0 Å². The first-order valence-electron chi connectivity index (χ1n) is 4.36. The normalized spacial score (nSPS) is 12.5. The van der Waals surface area contributed by atoms with Crippen LogP contribution < -0.4 is 5.32 Å². The SMILES string of the molecule is Cc1cnnc(NCC(C)CO)c1. The van der Waals surface area contributed by atoms with Crippen molar-refractivity contribution >= 4 is 5.82 Å². The Morgan fingerprint density at radius 1 is 1.62 bits per heavy atom. The number of rotatable bonds is 4. The first-order chi connectivity index (χ1) is 6.22. The summed E-state index contributed by atoms with van der Waals surface area (Å²) in [5, 5.41) is 19.6. The average Bonchev–Trinajstić information content (AvgIpc) is 2.14. The van der Waals surface area contributed by atoms with Crippen LogP contribution in [-0.2, 0) is 0 Å². The maximum absolute atomic E-state index is 8.79. The van der Waals surface area contributed by atoms with Crippen LogP contribution in [0.15, 0.2) is 12.3 Å². The Morgan fingerprint density at radius 2 is 2.38 bits per heavy atom. The van der Waals surface area contributed by atoms with E-state index in [1.54, 1.807) is 6.20 Å². The fourth-order valence-electron chi connectivity index (χ4n) is 0.894. The molecule has 0 radical (unpaired) electrons. The molecule has 1 rings (SSSR count). The zero-order valence-corrected chi connectivity index (χ0v) is 7.99. The summed E-state index contributed by atoms with van der Waals surface area (Å²) in [4.78, 5) is 0. The highest BCUT2D eigenvalue weighted by Crippen LogP contribution is 2.04. The van der Waals surface area contributed by atoms with E-state index in [0.717, 1.165) is 11.4 Å². The van der Waals surface area contributed by atoms with Crippen LogP contribution in [0.25, 0.3) is 0 Å². The second-order valence-electron chi connectivity index (χ2n) is 3.29. The van der Waals surface area contributed by atoms with Gasteiger partial charge in [0.1, 0.15) is 5.82 Å². The van der Waals surface area contributed by atoms with Crippen molar-refractivity contribution in [3.8, 4) is 0 Å². The second-order valence-corrected chi connectivity index (χ2v) is 3.29. The summed E-state index contributed by atoms with van der Waals surface area (Å²) < 4.78 is 0. The van der Waals surface area contributed by atoms with Crippen molar-refractivity contribution in [2.24, 2.45) is 5.92 Å². The van der Waals surface area contributed by atoms with Gasteiger partial charge in [-0.25, -0.2) is 0 Å². The van der Waals surface area contributed by atoms with Crippen LogP contribution in [-0.4, -0.2) is 28.5 Å². The Bertz CT molecular complexity index is 265. The van der Waals surface area contributed by atoms with E-state index in [9.17, 15) is 0 Å². The van der Waals surface area contributed by atoms with E-state index in [1.165, 1.54) is 0 Å². The fraction of sp³-hybridized carbons (Fsp3) is 0.556. The molecule has 0 saturated carbocycles. The van der Waals surface area contributed by atoms with Crippen LogP contribution in [0, 0.1) is 12.8 Å². The minimum absolute atomic E-state index is 0.187. The quantitative estimate of drug-likeness (QED) is 0.722. The number of hydrogen-bond acceptors (Lipinski definition) is 4. The zero-order valence-electron chi connectivity index (χ0n) is 7.99. The molecule has 1 heterocycles. The Labute approximate surface area is 78.0 Å². The van der Waals surface area contributed by atoms with Crippen LogP contribution in [0.1, 0.15) is 12.5 Å². The number of hydrogen-bond donors (Lipinski definition) is 2. The molecule has 4 heteroatoms. The van der Waals surface area contributed by atoms with Crippen molar-refractivity contribution in [2.75, 3.05) is 18.5 Å². The molecule has 0 bridgehead atoms. The van der Waals surface area contributed by atoms with Gasteiger partial charge in [0.05, 0.1) is 6.20 Å². The molecule has 4 nitrogen and oxygen atoms in total. The maximum atomic E-state index is 8.79. The molecule has 0 amide bonds. The lowest BCUT2D eigenvalue weighted by molar-refractivity contribution is 0.244. The molecule has 0 aliphatic heterocycles. The second kappa shape index (κ2) is 4.77.